The number of aryl methyl sites for hydroxylation is 2. The molecule has 0 radical (unpaired) electrons. The zero-order chi connectivity index (χ0) is 14.2. The van der Waals surface area contributed by atoms with Crippen molar-refractivity contribution in [3.8, 4) is 5.75 Å². The summed E-state index contributed by atoms with van der Waals surface area (Å²) >= 11 is 5.71. The summed E-state index contributed by atoms with van der Waals surface area (Å²) in [6.07, 6.45) is 0. The van der Waals surface area contributed by atoms with Gasteiger partial charge in [0, 0.05) is 12.1 Å². The molecular formula is C12H13ClN4O2. The Morgan fingerprint density at radius 3 is 2.74 bits per heavy atom. The van der Waals surface area contributed by atoms with Gasteiger partial charge in [-0.3, -0.25) is 9.48 Å². The van der Waals surface area contributed by atoms with Crippen LogP contribution >= 0.6 is 11.6 Å². The molecule has 2 rings (SSSR count). The first-order valence-electron chi connectivity index (χ1n) is 5.49. The average Bonchev–Trinajstić information content (AvgIpc) is 2.56. The molecule has 0 atom stereocenters. The van der Waals surface area contributed by atoms with Crippen LogP contribution in [0.4, 0.5) is 11.5 Å². The number of nitrogens with two attached hydrogens (primary N) is 1. The van der Waals surface area contributed by atoms with Crippen molar-refractivity contribution in [3.05, 3.63) is 34.5 Å². The van der Waals surface area contributed by atoms with Crippen molar-refractivity contribution in [3.63, 3.8) is 0 Å². The lowest BCUT2D eigenvalue weighted by Gasteiger charge is -2.08. The Labute approximate surface area is 114 Å². The van der Waals surface area contributed by atoms with Gasteiger partial charge in [0.15, 0.2) is 5.82 Å². The molecule has 19 heavy (non-hydrogen) atoms. The van der Waals surface area contributed by atoms with Gasteiger partial charge in [-0.15, -0.1) is 0 Å². The van der Waals surface area contributed by atoms with Gasteiger partial charge in [0.25, 0.3) is 5.91 Å². The summed E-state index contributed by atoms with van der Waals surface area (Å²) in [7, 11) is 1.67. The van der Waals surface area contributed by atoms with E-state index in [0.717, 1.165) is 0 Å². The third-order valence-electron chi connectivity index (χ3n) is 2.70. The fraction of sp³-hybridized carbons (Fsp3) is 0.167. The minimum absolute atomic E-state index is 0.114. The highest BCUT2D eigenvalue weighted by Gasteiger charge is 2.16. The monoisotopic (exact) mass is 280 g/mol. The summed E-state index contributed by atoms with van der Waals surface area (Å²) in [6, 6.07) is 4.26. The number of aromatic nitrogens is 2. The van der Waals surface area contributed by atoms with E-state index in [0.29, 0.717) is 22.2 Å². The number of phenolic OH excluding ortho intramolecular Hbond substituents is 1. The van der Waals surface area contributed by atoms with Gasteiger partial charge in [-0.2, -0.15) is 5.10 Å². The van der Waals surface area contributed by atoms with Gasteiger partial charge in [-0.05, 0) is 25.1 Å². The van der Waals surface area contributed by atoms with E-state index in [1.54, 1.807) is 14.0 Å². The van der Waals surface area contributed by atoms with Gasteiger partial charge in [0.1, 0.15) is 5.75 Å². The quantitative estimate of drug-likeness (QED) is 0.783. The van der Waals surface area contributed by atoms with E-state index in [2.05, 4.69) is 10.4 Å². The summed E-state index contributed by atoms with van der Waals surface area (Å²) < 4.78 is 1.47. The van der Waals surface area contributed by atoms with Crippen molar-refractivity contribution in [2.45, 2.75) is 6.92 Å². The van der Waals surface area contributed by atoms with Crippen molar-refractivity contribution < 1.29 is 9.90 Å². The number of aromatic hydroxyl groups is 1. The standard InChI is InChI=1S/C12H13ClN4O2/c1-6-10(14)11(17(2)16-6)15-12(19)8-4-3-7(13)5-9(8)18/h3-5,18H,14H2,1-2H3,(H,15,19). The highest BCUT2D eigenvalue weighted by Crippen LogP contribution is 2.25. The second-order valence-electron chi connectivity index (χ2n) is 4.09. The number of nitrogens with one attached hydrogen (secondary N) is 1. The number of anilines is 2. The summed E-state index contributed by atoms with van der Waals surface area (Å²) in [6.45, 7) is 1.74. The molecular weight excluding hydrogens is 268 g/mol. The van der Waals surface area contributed by atoms with E-state index in [9.17, 15) is 9.90 Å². The van der Waals surface area contributed by atoms with Crippen molar-refractivity contribution in [1.29, 1.82) is 0 Å². The molecule has 7 heteroatoms. The van der Waals surface area contributed by atoms with Gasteiger partial charge >= 0.3 is 0 Å². The molecule has 1 heterocycles. The summed E-state index contributed by atoms with van der Waals surface area (Å²) in [5.41, 5.74) is 6.94. The van der Waals surface area contributed by atoms with E-state index in [-0.39, 0.29) is 11.3 Å². The molecule has 0 aliphatic carbocycles. The van der Waals surface area contributed by atoms with Crippen LogP contribution in [-0.4, -0.2) is 20.8 Å². The number of benzene rings is 1. The number of nitrogens with zero attached hydrogens (tertiary/aromatic N) is 2. The first-order chi connectivity index (χ1) is 8.90. The topological polar surface area (TPSA) is 93.2 Å². The molecule has 4 N–H and O–H groups in total. The maximum Gasteiger partial charge on any atom is 0.260 e. The van der Waals surface area contributed by atoms with Crippen molar-refractivity contribution in [1.82, 2.24) is 9.78 Å². The molecule has 0 saturated heterocycles. The van der Waals surface area contributed by atoms with Crippen LogP contribution in [0, 0.1) is 6.92 Å². The van der Waals surface area contributed by atoms with Crippen LogP contribution in [0.3, 0.4) is 0 Å². The number of hydrogen-bond acceptors (Lipinski definition) is 4. The van der Waals surface area contributed by atoms with Gasteiger partial charge in [0.2, 0.25) is 0 Å². The summed E-state index contributed by atoms with van der Waals surface area (Å²) in [5.74, 6) is -0.289. The van der Waals surface area contributed by atoms with E-state index in [1.165, 1.54) is 22.9 Å². The Balaban J connectivity index is 2.31. The minimum Gasteiger partial charge on any atom is -0.507 e. The van der Waals surface area contributed by atoms with Crippen molar-refractivity contribution in [2.24, 2.45) is 7.05 Å². The van der Waals surface area contributed by atoms with E-state index in [4.69, 9.17) is 17.3 Å². The molecule has 0 aliphatic heterocycles. The van der Waals surface area contributed by atoms with Crippen LogP contribution in [0.5, 0.6) is 5.75 Å². The third kappa shape index (κ3) is 2.48. The summed E-state index contributed by atoms with van der Waals surface area (Å²) in [4.78, 5) is 12.0. The van der Waals surface area contributed by atoms with Crippen LogP contribution in [0.2, 0.25) is 5.02 Å². The molecule has 1 aromatic carbocycles. The molecule has 6 nitrogen and oxygen atoms in total. The van der Waals surface area contributed by atoms with Gasteiger partial charge in [-0.25, -0.2) is 0 Å². The predicted octanol–water partition coefficient (Wildman–Crippen LogP) is 1.92. The zero-order valence-corrected chi connectivity index (χ0v) is 11.2. The second-order valence-corrected chi connectivity index (χ2v) is 4.52. The Kier molecular flexibility index (Phi) is 3.35. The van der Waals surface area contributed by atoms with Gasteiger partial charge in [0.05, 0.1) is 16.9 Å². The molecule has 0 aliphatic rings. The number of rotatable bonds is 2. The largest absolute Gasteiger partial charge is 0.507 e. The molecule has 0 fully saturated rings. The molecule has 2 aromatic rings. The van der Waals surface area contributed by atoms with Crippen LogP contribution in [0.15, 0.2) is 18.2 Å². The molecule has 1 aromatic heterocycles. The normalized spacial score (nSPS) is 10.5. The Hall–Kier alpha value is -2.21. The van der Waals surface area contributed by atoms with Crippen molar-refractivity contribution in [2.75, 3.05) is 11.1 Å². The fourth-order valence-corrected chi connectivity index (χ4v) is 1.86. The molecule has 0 saturated carbocycles. The summed E-state index contributed by atoms with van der Waals surface area (Å²) in [5, 5.41) is 16.7. The smallest absolute Gasteiger partial charge is 0.260 e. The molecule has 0 spiro atoms. The van der Waals surface area contributed by atoms with Crippen LogP contribution in [0.1, 0.15) is 16.1 Å². The number of hydrogen-bond donors (Lipinski definition) is 3. The number of nitrogen functional groups attached to an aromatic ring is 1. The number of carbonyl (C=O) groups is 1. The number of phenols is 1. The van der Waals surface area contributed by atoms with Gasteiger partial charge < -0.3 is 16.2 Å². The molecule has 100 valence electrons. The minimum atomic E-state index is -0.483. The fourth-order valence-electron chi connectivity index (χ4n) is 1.69. The Morgan fingerprint density at radius 2 is 2.21 bits per heavy atom. The number of amides is 1. The predicted molar refractivity (Wildman–Crippen MR) is 73.4 cm³/mol. The number of carbonyl (C=O) groups excluding carboxylic acids is 1. The first kappa shape index (κ1) is 13.2. The van der Waals surface area contributed by atoms with Crippen LogP contribution in [-0.2, 0) is 7.05 Å². The average molecular weight is 281 g/mol. The molecule has 0 unspecified atom stereocenters. The van der Waals surface area contributed by atoms with E-state index >= 15 is 0 Å². The van der Waals surface area contributed by atoms with Crippen LogP contribution < -0.4 is 11.1 Å². The number of halogens is 1. The lowest BCUT2D eigenvalue weighted by Crippen LogP contribution is -2.15. The van der Waals surface area contributed by atoms with E-state index in [1.807, 2.05) is 0 Å². The van der Waals surface area contributed by atoms with Crippen molar-refractivity contribution >= 4 is 29.0 Å². The second kappa shape index (κ2) is 4.81. The molecule has 1 amide bonds. The first-order valence-corrected chi connectivity index (χ1v) is 5.87. The third-order valence-corrected chi connectivity index (χ3v) is 2.94. The van der Waals surface area contributed by atoms with Gasteiger partial charge in [-0.1, -0.05) is 11.6 Å². The maximum atomic E-state index is 12.0. The Bertz CT molecular complexity index is 651. The van der Waals surface area contributed by atoms with Crippen LogP contribution in [0.25, 0.3) is 0 Å². The maximum absolute atomic E-state index is 12.0. The Morgan fingerprint density at radius 1 is 1.53 bits per heavy atom. The lowest BCUT2D eigenvalue weighted by atomic mass is 10.2. The molecule has 0 bridgehead atoms. The highest BCUT2D eigenvalue weighted by molar-refractivity contribution is 6.31. The highest BCUT2D eigenvalue weighted by atomic mass is 35.5. The lowest BCUT2D eigenvalue weighted by molar-refractivity contribution is 0.102. The van der Waals surface area contributed by atoms with E-state index < -0.39 is 5.91 Å². The SMILES string of the molecule is Cc1nn(C)c(NC(=O)c2ccc(Cl)cc2O)c1N. The zero-order valence-electron chi connectivity index (χ0n) is 10.4.